The van der Waals surface area contributed by atoms with Crippen LogP contribution in [0.25, 0.3) is 22.1 Å². The zero-order chi connectivity index (χ0) is 27.6. The number of nitrogens with one attached hydrogen (secondary N) is 1. The second kappa shape index (κ2) is 10.5. The van der Waals surface area contributed by atoms with Crippen LogP contribution in [0.1, 0.15) is 40.1 Å². The van der Waals surface area contributed by atoms with Crippen molar-refractivity contribution in [2.75, 3.05) is 5.73 Å². The number of rotatable bonds is 7. The van der Waals surface area contributed by atoms with Gasteiger partial charge in [0.05, 0.1) is 11.4 Å². The minimum atomic E-state index is -0.532. The Hall–Kier alpha value is -5.24. The number of amides is 1. The topological polar surface area (TPSA) is 107 Å². The number of nitrogen functional groups attached to an aromatic ring is 1. The molecule has 0 unspecified atom stereocenters. The summed E-state index contributed by atoms with van der Waals surface area (Å²) in [5.41, 5.74) is 10.1. The van der Waals surface area contributed by atoms with Gasteiger partial charge in [0.2, 0.25) is 0 Å². The molecule has 0 saturated carbocycles. The van der Waals surface area contributed by atoms with Crippen molar-refractivity contribution in [3.8, 4) is 5.69 Å². The van der Waals surface area contributed by atoms with E-state index >= 15 is 0 Å². The van der Waals surface area contributed by atoms with Gasteiger partial charge in [-0.15, -0.1) is 5.10 Å². The minimum absolute atomic E-state index is 0.0884. The van der Waals surface area contributed by atoms with Crippen LogP contribution in [0.2, 0.25) is 0 Å². The highest BCUT2D eigenvalue weighted by Crippen LogP contribution is 2.25. The smallest absolute Gasteiger partial charge is 0.263 e. The Labute approximate surface area is 230 Å². The Bertz CT molecular complexity index is 1890. The number of hydrogen-bond donors (Lipinski definition) is 2. The third-order valence-corrected chi connectivity index (χ3v) is 7.14. The maximum Gasteiger partial charge on any atom is 0.263 e. The van der Waals surface area contributed by atoms with Gasteiger partial charge in [0.1, 0.15) is 5.56 Å². The molecule has 6 aromatic rings. The zero-order valence-electron chi connectivity index (χ0n) is 22.0. The van der Waals surface area contributed by atoms with E-state index in [9.17, 15) is 9.59 Å². The molecule has 0 bridgehead atoms. The number of carbonyl (C=O) groups is 1. The van der Waals surface area contributed by atoms with E-state index in [1.54, 1.807) is 23.0 Å². The molecule has 0 fully saturated rings. The van der Waals surface area contributed by atoms with Crippen LogP contribution in [-0.4, -0.2) is 25.1 Å². The number of aromatic nitrogens is 4. The number of fused-ring (bicyclic) bond motifs is 2. The minimum Gasteiger partial charge on any atom is -0.381 e. The molecule has 40 heavy (non-hydrogen) atoms. The lowest BCUT2D eigenvalue weighted by Gasteiger charge is -2.21. The van der Waals surface area contributed by atoms with E-state index in [-0.39, 0.29) is 16.9 Å². The van der Waals surface area contributed by atoms with Gasteiger partial charge in [-0.3, -0.25) is 14.2 Å². The zero-order valence-corrected chi connectivity index (χ0v) is 22.0. The Kier molecular flexibility index (Phi) is 6.57. The molecule has 0 radical (unpaired) electrons. The van der Waals surface area contributed by atoms with E-state index in [2.05, 4.69) is 27.5 Å². The Balaban J connectivity index is 1.43. The molecule has 6 rings (SSSR count). The van der Waals surface area contributed by atoms with Gasteiger partial charge in [0.15, 0.2) is 11.5 Å². The standard InChI is InChI=1S/C32H28N6O2/c1-21(35-31(39)28-29(33)36-37-19-9-18-34-30(28)37)26-20-24-13-8-12-23(17-16-22-10-4-2-5-11-22)27(24)32(40)38(26)25-14-6-3-7-15-25/h2-15,18-21H,16-17H2,1H3,(H2,33,36)(H,35,39)/t21-/m0/s1. The van der Waals surface area contributed by atoms with Gasteiger partial charge < -0.3 is 11.1 Å². The first-order valence-corrected chi connectivity index (χ1v) is 13.2. The molecule has 3 aromatic heterocycles. The summed E-state index contributed by atoms with van der Waals surface area (Å²) in [4.78, 5) is 31.9. The Morgan fingerprint density at radius 3 is 2.48 bits per heavy atom. The van der Waals surface area contributed by atoms with Gasteiger partial charge in [-0.25, -0.2) is 9.50 Å². The number of aryl methyl sites for hydroxylation is 2. The summed E-state index contributed by atoms with van der Waals surface area (Å²) in [7, 11) is 0. The first-order chi connectivity index (χ1) is 19.5. The van der Waals surface area contributed by atoms with Gasteiger partial charge >= 0.3 is 0 Å². The fourth-order valence-corrected chi connectivity index (χ4v) is 5.21. The monoisotopic (exact) mass is 528 g/mol. The van der Waals surface area contributed by atoms with Crippen LogP contribution in [0.5, 0.6) is 0 Å². The van der Waals surface area contributed by atoms with Crippen LogP contribution < -0.4 is 16.6 Å². The van der Waals surface area contributed by atoms with Crippen LogP contribution >= 0.6 is 0 Å². The largest absolute Gasteiger partial charge is 0.381 e. The fraction of sp³-hybridized carbons (Fsp3) is 0.125. The van der Waals surface area contributed by atoms with Gasteiger partial charge in [0.25, 0.3) is 11.5 Å². The molecule has 0 spiro atoms. The van der Waals surface area contributed by atoms with E-state index in [1.807, 2.05) is 79.7 Å². The Morgan fingerprint density at radius 2 is 1.70 bits per heavy atom. The number of carbonyl (C=O) groups excluding carboxylic acids is 1. The number of anilines is 1. The van der Waals surface area contributed by atoms with Crippen molar-refractivity contribution in [3.63, 3.8) is 0 Å². The summed E-state index contributed by atoms with van der Waals surface area (Å²) in [6.45, 7) is 1.85. The van der Waals surface area contributed by atoms with Crippen molar-refractivity contribution in [2.45, 2.75) is 25.8 Å². The molecule has 0 aliphatic rings. The SMILES string of the molecule is C[C@H](NC(=O)c1c(N)nn2cccnc12)c1cc2cccc(CCc3ccccc3)c2c(=O)n1-c1ccccc1. The van der Waals surface area contributed by atoms with Gasteiger partial charge in [-0.2, -0.15) is 0 Å². The number of nitrogens with zero attached hydrogens (tertiary/aromatic N) is 4. The van der Waals surface area contributed by atoms with Crippen molar-refractivity contribution in [1.29, 1.82) is 0 Å². The third-order valence-electron chi connectivity index (χ3n) is 7.14. The molecule has 0 aliphatic heterocycles. The van der Waals surface area contributed by atoms with Crippen molar-refractivity contribution in [3.05, 3.63) is 136 Å². The summed E-state index contributed by atoms with van der Waals surface area (Å²) in [5, 5.41) is 8.73. The maximum atomic E-state index is 14.2. The average Bonchev–Trinajstić information content (AvgIpc) is 3.32. The lowest BCUT2D eigenvalue weighted by Crippen LogP contribution is -2.32. The highest BCUT2D eigenvalue weighted by Gasteiger charge is 2.24. The third kappa shape index (κ3) is 4.60. The van der Waals surface area contributed by atoms with Crippen LogP contribution in [-0.2, 0) is 12.8 Å². The highest BCUT2D eigenvalue weighted by molar-refractivity contribution is 6.04. The van der Waals surface area contributed by atoms with Crippen molar-refractivity contribution >= 4 is 28.1 Å². The lowest BCUT2D eigenvalue weighted by molar-refractivity contribution is 0.0941. The average molecular weight is 529 g/mol. The fourth-order valence-electron chi connectivity index (χ4n) is 5.21. The molecule has 1 amide bonds. The number of nitrogens with two attached hydrogens (primary N) is 1. The molecule has 3 heterocycles. The Morgan fingerprint density at radius 1 is 0.950 bits per heavy atom. The molecule has 0 aliphatic carbocycles. The van der Waals surface area contributed by atoms with Crippen molar-refractivity contribution in [2.24, 2.45) is 0 Å². The molecule has 8 nitrogen and oxygen atoms in total. The van der Waals surface area contributed by atoms with Crippen LogP contribution in [0.3, 0.4) is 0 Å². The van der Waals surface area contributed by atoms with E-state index in [1.165, 1.54) is 10.1 Å². The lowest BCUT2D eigenvalue weighted by atomic mass is 9.98. The molecule has 8 heteroatoms. The quantitative estimate of drug-likeness (QED) is 0.307. The normalized spacial score (nSPS) is 12.0. The van der Waals surface area contributed by atoms with E-state index in [0.717, 1.165) is 29.5 Å². The molecule has 3 N–H and O–H groups in total. The highest BCUT2D eigenvalue weighted by atomic mass is 16.2. The predicted molar refractivity (Wildman–Crippen MR) is 157 cm³/mol. The molecule has 198 valence electrons. The number of para-hydroxylation sites is 1. The summed E-state index contributed by atoms with van der Waals surface area (Å²) < 4.78 is 3.17. The summed E-state index contributed by atoms with van der Waals surface area (Å²) >= 11 is 0. The number of hydrogen-bond acceptors (Lipinski definition) is 5. The second-order valence-corrected chi connectivity index (χ2v) is 9.76. The molecular weight excluding hydrogens is 500 g/mol. The number of pyridine rings is 1. The summed E-state index contributed by atoms with van der Waals surface area (Å²) in [6, 6.07) is 28.9. The first kappa shape index (κ1) is 25.1. The summed E-state index contributed by atoms with van der Waals surface area (Å²) in [6.07, 6.45) is 4.83. The summed E-state index contributed by atoms with van der Waals surface area (Å²) in [5.74, 6) is -0.326. The van der Waals surface area contributed by atoms with Crippen molar-refractivity contribution < 1.29 is 4.79 Å². The van der Waals surface area contributed by atoms with E-state index in [4.69, 9.17) is 5.73 Å². The molecule has 1 atom stereocenters. The maximum absolute atomic E-state index is 14.2. The first-order valence-electron chi connectivity index (χ1n) is 13.2. The van der Waals surface area contributed by atoms with Gasteiger partial charge in [-0.05, 0) is 60.5 Å². The van der Waals surface area contributed by atoms with Crippen LogP contribution in [0.15, 0.2) is 108 Å². The second-order valence-electron chi connectivity index (χ2n) is 9.76. The molecular formula is C32H28N6O2. The van der Waals surface area contributed by atoms with E-state index in [0.29, 0.717) is 16.7 Å². The van der Waals surface area contributed by atoms with Gasteiger partial charge in [0, 0.05) is 23.8 Å². The van der Waals surface area contributed by atoms with Crippen LogP contribution in [0.4, 0.5) is 5.82 Å². The molecule has 0 saturated heterocycles. The predicted octanol–water partition coefficient (Wildman–Crippen LogP) is 4.89. The number of benzene rings is 3. The molecule has 3 aromatic carbocycles. The van der Waals surface area contributed by atoms with Crippen LogP contribution in [0, 0.1) is 0 Å². The van der Waals surface area contributed by atoms with Gasteiger partial charge in [-0.1, -0.05) is 66.7 Å². The van der Waals surface area contributed by atoms with Crippen molar-refractivity contribution in [1.82, 2.24) is 24.5 Å². The van der Waals surface area contributed by atoms with E-state index < -0.39 is 11.9 Å².